The molecule has 0 aliphatic heterocycles. The molecule has 1 aromatic carbocycles. The van der Waals surface area contributed by atoms with E-state index in [2.05, 4.69) is 15.3 Å². The van der Waals surface area contributed by atoms with Crippen LogP contribution in [0.5, 0.6) is 11.5 Å². The van der Waals surface area contributed by atoms with E-state index >= 15 is 0 Å². The summed E-state index contributed by atoms with van der Waals surface area (Å²) in [5.41, 5.74) is 1.86. The lowest BCUT2D eigenvalue weighted by Crippen LogP contribution is -2.01. The van der Waals surface area contributed by atoms with Crippen LogP contribution in [0, 0.1) is 6.92 Å². The first-order valence-corrected chi connectivity index (χ1v) is 7.03. The fourth-order valence-electron chi connectivity index (χ4n) is 2.21. The van der Waals surface area contributed by atoms with E-state index in [0.29, 0.717) is 5.92 Å². The fourth-order valence-corrected chi connectivity index (χ4v) is 2.21. The summed E-state index contributed by atoms with van der Waals surface area (Å²) >= 11 is 0. The van der Waals surface area contributed by atoms with Gasteiger partial charge in [-0.2, -0.15) is 0 Å². The van der Waals surface area contributed by atoms with Gasteiger partial charge in [0.05, 0.1) is 14.2 Å². The number of ether oxygens (including phenoxy) is 2. The first kappa shape index (κ1) is 13.7. The number of methoxy groups -OCH3 is 2. The van der Waals surface area contributed by atoms with Gasteiger partial charge in [0.2, 0.25) is 0 Å². The second-order valence-corrected chi connectivity index (χ2v) is 5.25. The van der Waals surface area contributed by atoms with Crippen LogP contribution < -0.4 is 14.8 Å². The Kier molecular flexibility index (Phi) is 3.64. The summed E-state index contributed by atoms with van der Waals surface area (Å²) in [5.74, 6) is 3.76. The SMILES string of the molecule is COc1cc(Nc2cc(C)nc(C3CC3)n2)cc(OC)c1. The van der Waals surface area contributed by atoms with E-state index in [1.807, 2.05) is 31.2 Å². The number of hydrogen-bond acceptors (Lipinski definition) is 5. The lowest BCUT2D eigenvalue weighted by Gasteiger charge is -2.11. The molecular formula is C16H19N3O2. The average Bonchev–Trinajstić information content (AvgIpc) is 3.30. The van der Waals surface area contributed by atoms with Gasteiger partial charge >= 0.3 is 0 Å². The van der Waals surface area contributed by atoms with Gasteiger partial charge in [-0.1, -0.05) is 0 Å². The number of hydrogen-bond donors (Lipinski definition) is 1. The second kappa shape index (κ2) is 5.60. The molecule has 0 saturated heterocycles. The number of benzene rings is 1. The number of nitrogens with one attached hydrogen (secondary N) is 1. The van der Waals surface area contributed by atoms with Crippen molar-refractivity contribution < 1.29 is 9.47 Å². The van der Waals surface area contributed by atoms with Crippen molar-refractivity contribution in [2.45, 2.75) is 25.7 Å². The summed E-state index contributed by atoms with van der Waals surface area (Å²) in [5, 5.41) is 3.31. The van der Waals surface area contributed by atoms with Crippen LogP contribution in [0.1, 0.15) is 30.3 Å². The molecule has 0 bridgehead atoms. The second-order valence-electron chi connectivity index (χ2n) is 5.25. The molecule has 2 aromatic rings. The molecule has 5 heteroatoms. The molecule has 3 rings (SSSR count). The molecule has 1 aliphatic carbocycles. The number of anilines is 2. The van der Waals surface area contributed by atoms with Crippen molar-refractivity contribution in [3.63, 3.8) is 0 Å². The van der Waals surface area contributed by atoms with Crippen molar-refractivity contribution in [2.24, 2.45) is 0 Å². The lowest BCUT2D eigenvalue weighted by atomic mass is 10.2. The van der Waals surface area contributed by atoms with Crippen molar-refractivity contribution in [1.82, 2.24) is 9.97 Å². The van der Waals surface area contributed by atoms with Gasteiger partial charge in [0.1, 0.15) is 23.1 Å². The third kappa shape index (κ3) is 3.24. The molecule has 1 aliphatic rings. The molecule has 1 fully saturated rings. The largest absolute Gasteiger partial charge is 0.497 e. The van der Waals surface area contributed by atoms with Crippen LogP contribution in [0.4, 0.5) is 11.5 Å². The molecule has 1 N–H and O–H groups in total. The zero-order chi connectivity index (χ0) is 14.8. The van der Waals surface area contributed by atoms with E-state index in [4.69, 9.17) is 9.47 Å². The Morgan fingerprint density at radius 2 is 1.67 bits per heavy atom. The topological polar surface area (TPSA) is 56.3 Å². The molecule has 1 heterocycles. The maximum absolute atomic E-state index is 5.28. The Bertz CT molecular complexity index is 632. The van der Waals surface area contributed by atoms with Gasteiger partial charge in [-0.15, -0.1) is 0 Å². The molecule has 1 saturated carbocycles. The third-order valence-corrected chi connectivity index (χ3v) is 3.44. The summed E-state index contributed by atoms with van der Waals surface area (Å²) in [6.07, 6.45) is 2.38. The van der Waals surface area contributed by atoms with Crippen molar-refractivity contribution in [3.05, 3.63) is 35.8 Å². The summed E-state index contributed by atoms with van der Waals surface area (Å²) in [4.78, 5) is 9.10. The Labute approximate surface area is 124 Å². The molecule has 0 spiro atoms. The fraction of sp³-hybridized carbons (Fsp3) is 0.375. The monoisotopic (exact) mass is 285 g/mol. The predicted octanol–water partition coefficient (Wildman–Crippen LogP) is 3.42. The van der Waals surface area contributed by atoms with Gasteiger partial charge < -0.3 is 14.8 Å². The standard InChI is InChI=1S/C16H19N3O2/c1-10-6-15(19-16(17-10)11-4-5-11)18-12-7-13(20-2)9-14(8-12)21-3/h6-9,11H,4-5H2,1-3H3,(H,17,18,19). The first-order chi connectivity index (χ1) is 10.2. The normalized spacial score (nSPS) is 13.9. The van der Waals surface area contributed by atoms with Crippen molar-refractivity contribution in [2.75, 3.05) is 19.5 Å². The van der Waals surface area contributed by atoms with E-state index < -0.39 is 0 Å². The Hall–Kier alpha value is -2.30. The lowest BCUT2D eigenvalue weighted by molar-refractivity contribution is 0.395. The molecule has 0 unspecified atom stereocenters. The summed E-state index contributed by atoms with van der Waals surface area (Å²) < 4.78 is 10.6. The third-order valence-electron chi connectivity index (χ3n) is 3.44. The minimum Gasteiger partial charge on any atom is -0.497 e. The minimum absolute atomic E-state index is 0.533. The molecule has 0 amide bonds. The zero-order valence-electron chi connectivity index (χ0n) is 12.5. The van der Waals surface area contributed by atoms with Crippen LogP contribution in [-0.4, -0.2) is 24.2 Å². The maximum Gasteiger partial charge on any atom is 0.134 e. The summed E-state index contributed by atoms with van der Waals surface area (Å²) in [6, 6.07) is 7.61. The van der Waals surface area contributed by atoms with Crippen LogP contribution in [0.3, 0.4) is 0 Å². The molecule has 1 aromatic heterocycles. The van der Waals surface area contributed by atoms with E-state index in [1.54, 1.807) is 14.2 Å². The highest BCUT2D eigenvalue weighted by Crippen LogP contribution is 2.38. The van der Waals surface area contributed by atoms with Crippen molar-refractivity contribution in [3.8, 4) is 11.5 Å². The number of nitrogens with zero attached hydrogens (tertiary/aromatic N) is 2. The van der Waals surface area contributed by atoms with Gasteiger partial charge in [-0.05, 0) is 19.8 Å². The highest BCUT2D eigenvalue weighted by molar-refractivity contribution is 5.61. The molecule has 21 heavy (non-hydrogen) atoms. The van der Waals surface area contributed by atoms with Crippen LogP contribution in [0.2, 0.25) is 0 Å². The Balaban J connectivity index is 1.88. The van der Waals surface area contributed by atoms with Crippen LogP contribution >= 0.6 is 0 Å². The highest BCUT2D eigenvalue weighted by atomic mass is 16.5. The maximum atomic E-state index is 5.28. The van der Waals surface area contributed by atoms with Gasteiger partial charge in [0, 0.05) is 41.6 Å². The number of aromatic nitrogens is 2. The van der Waals surface area contributed by atoms with Crippen LogP contribution in [-0.2, 0) is 0 Å². The Morgan fingerprint density at radius 1 is 1.00 bits per heavy atom. The average molecular weight is 285 g/mol. The van der Waals surface area contributed by atoms with Gasteiger partial charge in [-0.25, -0.2) is 9.97 Å². The summed E-state index contributed by atoms with van der Waals surface area (Å²) in [6.45, 7) is 1.99. The van der Waals surface area contributed by atoms with Crippen LogP contribution in [0.25, 0.3) is 0 Å². The highest BCUT2D eigenvalue weighted by Gasteiger charge is 2.27. The number of rotatable bonds is 5. The predicted molar refractivity (Wildman–Crippen MR) is 81.6 cm³/mol. The Morgan fingerprint density at radius 3 is 2.24 bits per heavy atom. The summed E-state index contributed by atoms with van der Waals surface area (Å²) in [7, 11) is 3.27. The van der Waals surface area contributed by atoms with E-state index in [1.165, 1.54) is 12.8 Å². The van der Waals surface area contributed by atoms with E-state index in [-0.39, 0.29) is 0 Å². The van der Waals surface area contributed by atoms with E-state index in [0.717, 1.165) is 34.5 Å². The molecular weight excluding hydrogens is 266 g/mol. The van der Waals surface area contributed by atoms with Gasteiger partial charge in [0.25, 0.3) is 0 Å². The van der Waals surface area contributed by atoms with Gasteiger partial charge in [-0.3, -0.25) is 0 Å². The van der Waals surface area contributed by atoms with Crippen molar-refractivity contribution in [1.29, 1.82) is 0 Å². The smallest absolute Gasteiger partial charge is 0.134 e. The molecule has 0 atom stereocenters. The quantitative estimate of drug-likeness (QED) is 0.912. The molecule has 0 radical (unpaired) electrons. The number of aryl methyl sites for hydroxylation is 1. The van der Waals surface area contributed by atoms with E-state index in [9.17, 15) is 0 Å². The zero-order valence-corrected chi connectivity index (χ0v) is 12.5. The minimum atomic E-state index is 0.533. The van der Waals surface area contributed by atoms with Gasteiger partial charge in [0.15, 0.2) is 0 Å². The molecule has 110 valence electrons. The molecule has 5 nitrogen and oxygen atoms in total. The first-order valence-electron chi connectivity index (χ1n) is 7.03. The van der Waals surface area contributed by atoms with Crippen LogP contribution in [0.15, 0.2) is 24.3 Å². The van der Waals surface area contributed by atoms with Crippen molar-refractivity contribution >= 4 is 11.5 Å².